The van der Waals surface area contributed by atoms with Crippen LogP contribution in [-0.2, 0) is 0 Å². The average molecular weight is 225 g/mol. The number of hydrogen-bond acceptors (Lipinski definition) is 2. The van der Waals surface area contributed by atoms with E-state index in [1.165, 1.54) is 12.1 Å². The third kappa shape index (κ3) is 3.94. The second kappa shape index (κ2) is 4.25. The van der Waals surface area contributed by atoms with Gasteiger partial charge in [0.15, 0.2) is 0 Å². The molecule has 0 aromatic carbocycles. The van der Waals surface area contributed by atoms with Crippen LogP contribution < -0.4 is 0 Å². The molecular weight excluding hydrogens is 202 g/mol. The molecule has 1 nitrogen and oxygen atoms in total. The molecular formula is C13H23NS. The Bertz CT molecular complexity index is 287. The first-order valence-corrected chi connectivity index (χ1v) is 6.52. The lowest BCUT2D eigenvalue weighted by Gasteiger charge is -2.34. The van der Waals surface area contributed by atoms with Gasteiger partial charge in [0, 0.05) is 11.3 Å². The summed E-state index contributed by atoms with van der Waals surface area (Å²) in [5.41, 5.74) is 3.86. The summed E-state index contributed by atoms with van der Waals surface area (Å²) in [6.45, 7) is 13.8. The van der Waals surface area contributed by atoms with Gasteiger partial charge in [0.05, 0.1) is 11.2 Å². The van der Waals surface area contributed by atoms with Crippen LogP contribution in [0.1, 0.15) is 59.6 Å². The predicted octanol–water partition coefficient (Wildman–Crippen LogP) is 4.71. The molecule has 0 fully saturated rings. The molecule has 0 spiro atoms. The quantitative estimate of drug-likeness (QED) is 0.710. The summed E-state index contributed by atoms with van der Waals surface area (Å²) in [6, 6.07) is 0. The van der Waals surface area contributed by atoms with Crippen LogP contribution in [0.15, 0.2) is 10.9 Å². The first-order valence-electron chi connectivity index (χ1n) is 5.58. The van der Waals surface area contributed by atoms with Crippen LogP contribution in [0.5, 0.6) is 0 Å². The highest BCUT2D eigenvalue weighted by Gasteiger charge is 2.31. The molecule has 0 saturated heterocycles. The van der Waals surface area contributed by atoms with E-state index in [1.54, 1.807) is 11.3 Å². The monoisotopic (exact) mass is 225 g/mol. The molecule has 0 aliphatic carbocycles. The Morgan fingerprint density at radius 3 is 2.13 bits per heavy atom. The molecule has 2 heteroatoms. The molecule has 0 N–H and O–H groups in total. The van der Waals surface area contributed by atoms with Gasteiger partial charge in [-0.15, -0.1) is 11.3 Å². The highest BCUT2D eigenvalue weighted by atomic mass is 32.1. The molecule has 1 aromatic heterocycles. The molecule has 0 aliphatic heterocycles. The molecule has 1 rings (SSSR count). The second-order valence-corrected chi connectivity index (χ2v) is 7.32. The van der Waals surface area contributed by atoms with Crippen LogP contribution in [0.3, 0.4) is 0 Å². The molecule has 0 aliphatic rings. The molecule has 1 atom stereocenters. The van der Waals surface area contributed by atoms with E-state index in [0.29, 0.717) is 16.7 Å². The zero-order chi connectivity index (χ0) is 11.7. The summed E-state index contributed by atoms with van der Waals surface area (Å²) < 4.78 is 0. The van der Waals surface area contributed by atoms with Crippen molar-refractivity contribution in [3.63, 3.8) is 0 Å². The zero-order valence-electron chi connectivity index (χ0n) is 10.8. The van der Waals surface area contributed by atoms with E-state index >= 15 is 0 Å². The fourth-order valence-corrected chi connectivity index (χ4v) is 2.47. The Morgan fingerprint density at radius 1 is 1.20 bits per heavy atom. The van der Waals surface area contributed by atoms with Crippen LogP contribution in [0.25, 0.3) is 0 Å². The Morgan fingerprint density at radius 2 is 1.80 bits per heavy atom. The van der Waals surface area contributed by atoms with Crippen LogP contribution >= 0.6 is 11.3 Å². The van der Waals surface area contributed by atoms with Crippen LogP contribution in [0.2, 0.25) is 0 Å². The summed E-state index contributed by atoms with van der Waals surface area (Å²) in [5, 5.41) is 2.20. The number of hydrogen-bond donors (Lipinski definition) is 0. The van der Waals surface area contributed by atoms with Gasteiger partial charge in [0.1, 0.15) is 0 Å². The van der Waals surface area contributed by atoms with Gasteiger partial charge >= 0.3 is 0 Å². The van der Waals surface area contributed by atoms with E-state index in [-0.39, 0.29) is 0 Å². The molecule has 0 saturated carbocycles. The highest BCUT2D eigenvalue weighted by Crippen LogP contribution is 2.42. The van der Waals surface area contributed by atoms with Gasteiger partial charge in [-0.2, -0.15) is 0 Å². The average Bonchev–Trinajstić information content (AvgIpc) is 2.47. The van der Waals surface area contributed by atoms with E-state index in [2.05, 4.69) is 51.9 Å². The van der Waals surface area contributed by atoms with Gasteiger partial charge in [-0.05, 0) is 17.3 Å². The van der Waals surface area contributed by atoms with Crippen molar-refractivity contribution in [1.29, 1.82) is 0 Å². The summed E-state index contributed by atoms with van der Waals surface area (Å²) in [7, 11) is 0. The van der Waals surface area contributed by atoms with Gasteiger partial charge in [-0.1, -0.05) is 41.5 Å². The van der Waals surface area contributed by atoms with Crippen molar-refractivity contribution in [3.05, 3.63) is 16.6 Å². The maximum Gasteiger partial charge on any atom is 0.0794 e. The zero-order valence-corrected chi connectivity index (χ0v) is 11.6. The maximum absolute atomic E-state index is 4.49. The molecule has 15 heavy (non-hydrogen) atoms. The lowest BCUT2D eigenvalue weighted by molar-refractivity contribution is 0.226. The second-order valence-electron chi connectivity index (χ2n) is 6.60. The normalized spacial score (nSPS) is 15.3. The van der Waals surface area contributed by atoms with E-state index in [0.717, 1.165) is 0 Å². The van der Waals surface area contributed by atoms with Crippen molar-refractivity contribution in [2.45, 2.75) is 53.9 Å². The first kappa shape index (κ1) is 12.7. The Hall–Kier alpha value is -0.370. The van der Waals surface area contributed by atoms with E-state index in [1.807, 2.05) is 5.51 Å². The fraction of sp³-hybridized carbons (Fsp3) is 0.769. The maximum atomic E-state index is 4.49. The van der Waals surface area contributed by atoms with Gasteiger partial charge in [-0.3, -0.25) is 0 Å². The topological polar surface area (TPSA) is 12.9 Å². The minimum atomic E-state index is 0.293. The lowest BCUT2D eigenvalue weighted by atomic mass is 9.71. The predicted molar refractivity (Wildman–Crippen MR) is 68.4 cm³/mol. The van der Waals surface area contributed by atoms with Gasteiger partial charge in [0.25, 0.3) is 0 Å². The Balaban J connectivity index is 2.90. The van der Waals surface area contributed by atoms with Crippen molar-refractivity contribution in [3.8, 4) is 0 Å². The SMILES string of the molecule is CC(C)(C)CC(c1cscn1)C(C)(C)C. The van der Waals surface area contributed by atoms with E-state index in [4.69, 9.17) is 0 Å². The minimum Gasteiger partial charge on any atom is -0.249 e. The lowest BCUT2D eigenvalue weighted by Crippen LogP contribution is -2.24. The third-order valence-corrected chi connectivity index (χ3v) is 3.28. The summed E-state index contributed by atoms with van der Waals surface area (Å²) in [6.07, 6.45) is 1.19. The molecule has 86 valence electrons. The van der Waals surface area contributed by atoms with Crippen molar-refractivity contribution in [1.82, 2.24) is 4.98 Å². The van der Waals surface area contributed by atoms with E-state index in [9.17, 15) is 0 Å². The van der Waals surface area contributed by atoms with Gasteiger partial charge in [-0.25, -0.2) is 4.98 Å². The van der Waals surface area contributed by atoms with Crippen molar-refractivity contribution < 1.29 is 0 Å². The fourth-order valence-electron chi connectivity index (χ4n) is 1.86. The molecule has 1 unspecified atom stereocenters. The molecule has 1 aromatic rings. The van der Waals surface area contributed by atoms with Crippen LogP contribution in [-0.4, -0.2) is 4.98 Å². The van der Waals surface area contributed by atoms with Gasteiger partial charge in [0.2, 0.25) is 0 Å². The van der Waals surface area contributed by atoms with Crippen molar-refractivity contribution >= 4 is 11.3 Å². The van der Waals surface area contributed by atoms with Gasteiger partial charge < -0.3 is 0 Å². The largest absolute Gasteiger partial charge is 0.249 e. The molecule has 0 bridgehead atoms. The van der Waals surface area contributed by atoms with Crippen LogP contribution in [0, 0.1) is 10.8 Å². The summed E-state index contributed by atoms with van der Waals surface area (Å²) >= 11 is 1.70. The molecule has 0 amide bonds. The van der Waals surface area contributed by atoms with Crippen LogP contribution in [0.4, 0.5) is 0 Å². The summed E-state index contributed by atoms with van der Waals surface area (Å²) in [4.78, 5) is 4.49. The highest BCUT2D eigenvalue weighted by molar-refractivity contribution is 7.07. The standard InChI is InChI=1S/C13H23NS/c1-12(2,3)7-10(13(4,5)6)11-8-15-9-14-11/h8-10H,7H2,1-6H3. The number of nitrogens with zero attached hydrogens (tertiary/aromatic N) is 1. The van der Waals surface area contributed by atoms with E-state index < -0.39 is 0 Å². The van der Waals surface area contributed by atoms with Crippen molar-refractivity contribution in [2.75, 3.05) is 0 Å². The molecule has 0 radical (unpaired) electrons. The van der Waals surface area contributed by atoms with Crippen molar-refractivity contribution in [2.24, 2.45) is 10.8 Å². The number of rotatable bonds is 2. The first-order chi connectivity index (χ1) is 6.70. The number of thiazole rings is 1. The number of aromatic nitrogens is 1. The Labute approximate surface area is 97.9 Å². The summed E-state index contributed by atoms with van der Waals surface area (Å²) in [5.74, 6) is 0.559. The molecule has 1 heterocycles. The minimum absolute atomic E-state index is 0.293. The Kier molecular flexibility index (Phi) is 3.59. The smallest absolute Gasteiger partial charge is 0.0794 e. The third-order valence-electron chi connectivity index (χ3n) is 2.67.